The average Bonchev–Trinajstić information content (AvgIpc) is 2.80. The summed E-state index contributed by atoms with van der Waals surface area (Å²) in [4.78, 5) is 2.76. The minimum Gasteiger partial charge on any atom is -0.314 e. The van der Waals surface area contributed by atoms with Crippen molar-refractivity contribution in [3.8, 4) is 0 Å². The third kappa shape index (κ3) is 1.31. The molecular formula is C11H20N2. The van der Waals surface area contributed by atoms with Gasteiger partial charge in [0.25, 0.3) is 0 Å². The van der Waals surface area contributed by atoms with Gasteiger partial charge < -0.3 is 5.32 Å². The third-order valence-corrected chi connectivity index (χ3v) is 4.34. The lowest BCUT2D eigenvalue weighted by atomic mass is 9.98. The predicted molar refractivity (Wildman–Crippen MR) is 53.7 cm³/mol. The number of hydrogen-bond donors (Lipinski definition) is 1. The van der Waals surface area contributed by atoms with E-state index in [1.807, 2.05) is 0 Å². The van der Waals surface area contributed by atoms with Crippen LogP contribution in [0.4, 0.5) is 0 Å². The molecule has 1 N–H and O–H groups in total. The molecule has 1 atom stereocenters. The van der Waals surface area contributed by atoms with Gasteiger partial charge in [0.15, 0.2) is 0 Å². The molecule has 1 heterocycles. The molecule has 1 unspecified atom stereocenters. The van der Waals surface area contributed by atoms with E-state index in [4.69, 9.17) is 0 Å². The lowest BCUT2D eigenvalue weighted by molar-refractivity contribution is 0.131. The lowest BCUT2D eigenvalue weighted by Crippen LogP contribution is -2.50. The van der Waals surface area contributed by atoms with Crippen LogP contribution in [-0.4, -0.2) is 37.1 Å². The highest BCUT2D eigenvalue weighted by molar-refractivity contribution is 5.07. The van der Waals surface area contributed by atoms with E-state index in [0.717, 1.165) is 11.5 Å². The molecule has 2 nitrogen and oxygen atoms in total. The second-order valence-corrected chi connectivity index (χ2v) is 5.06. The smallest absolute Gasteiger partial charge is 0.0153 e. The van der Waals surface area contributed by atoms with Crippen LogP contribution >= 0.6 is 0 Å². The van der Waals surface area contributed by atoms with Crippen LogP contribution in [0.3, 0.4) is 0 Å². The molecule has 0 aromatic heterocycles. The second-order valence-electron chi connectivity index (χ2n) is 5.06. The number of rotatable bonds is 1. The van der Waals surface area contributed by atoms with Crippen molar-refractivity contribution in [2.75, 3.05) is 26.2 Å². The number of nitrogens with zero attached hydrogens (tertiary/aromatic N) is 1. The van der Waals surface area contributed by atoms with Crippen molar-refractivity contribution in [2.45, 2.75) is 38.1 Å². The molecule has 0 bridgehead atoms. The first-order chi connectivity index (χ1) is 6.41. The van der Waals surface area contributed by atoms with E-state index in [9.17, 15) is 0 Å². The summed E-state index contributed by atoms with van der Waals surface area (Å²) in [5.41, 5.74) is 0.817. The number of nitrogens with one attached hydrogen (secondary N) is 1. The minimum absolute atomic E-state index is 0.817. The molecule has 0 aromatic rings. The van der Waals surface area contributed by atoms with E-state index >= 15 is 0 Å². The fourth-order valence-electron chi connectivity index (χ4n) is 3.43. The molecule has 0 aromatic carbocycles. The molecule has 3 rings (SSSR count). The van der Waals surface area contributed by atoms with E-state index in [2.05, 4.69) is 10.2 Å². The lowest BCUT2D eigenvalue weighted by Gasteiger charge is -2.36. The molecule has 3 aliphatic rings. The Morgan fingerprint density at radius 2 is 1.85 bits per heavy atom. The Bertz CT molecular complexity index is 192. The highest BCUT2D eigenvalue weighted by atomic mass is 15.2. The van der Waals surface area contributed by atoms with Crippen LogP contribution in [0.15, 0.2) is 0 Å². The summed E-state index contributed by atoms with van der Waals surface area (Å²) in [6.45, 7) is 5.03. The van der Waals surface area contributed by atoms with Gasteiger partial charge in [-0.2, -0.15) is 0 Å². The molecule has 2 heteroatoms. The Morgan fingerprint density at radius 3 is 2.54 bits per heavy atom. The van der Waals surface area contributed by atoms with Crippen molar-refractivity contribution in [3.05, 3.63) is 0 Å². The zero-order valence-corrected chi connectivity index (χ0v) is 8.39. The zero-order valence-electron chi connectivity index (χ0n) is 8.39. The minimum atomic E-state index is 0.817. The molecule has 2 aliphatic carbocycles. The Hall–Kier alpha value is -0.0800. The maximum absolute atomic E-state index is 3.44. The molecule has 3 fully saturated rings. The molecule has 0 radical (unpaired) electrons. The summed E-state index contributed by atoms with van der Waals surface area (Å²) in [5, 5.41) is 3.44. The number of piperazine rings is 1. The Morgan fingerprint density at radius 1 is 1.08 bits per heavy atom. The van der Waals surface area contributed by atoms with Gasteiger partial charge >= 0.3 is 0 Å². The summed E-state index contributed by atoms with van der Waals surface area (Å²) in [7, 11) is 0. The van der Waals surface area contributed by atoms with Crippen molar-refractivity contribution >= 4 is 0 Å². The van der Waals surface area contributed by atoms with Crippen molar-refractivity contribution < 1.29 is 0 Å². The van der Waals surface area contributed by atoms with Gasteiger partial charge in [0, 0.05) is 32.2 Å². The Kier molecular flexibility index (Phi) is 1.88. The second kappa shape index (κ2) is 2.96. The molecular weight excluding hydrogens is 160 g/mol. The fraction of sp³-hybridized carbons (Fsp3) is 1.00. The molecule has 13 heavy (non-hydrogen) atoms. The first-order valence-electron chi connectivity index (χ1n) is 5.86. The van der Waals surface area contributed by atoms with Gasteiger partial charge in [-0.3, -0.25) is 4.90 Å². The highest BCUT2D eigenvalue weighted by Crippen LogP contribution is 2.59. The Balaban J connectivity index is 1.69. The topological polar surface area (TPSA) is 15.3 Å². The van der Waals surface area contributed by atoms with Gasteiger partial charge in [-0.15, -0.1) is 0 Å². The molecule has 74 valence electrons. The molecule has 1 saturated heterocycles. The van der Waals surface area contributed by atoms with E-state index < -0.39 is 0 Å². The maximum atomic E-state index is 3.44. The van der Waals surface area contributed by atoms with Crippen LogP contribution in [0.1, 0.15) is 32.1 Å². The van der Waals surface area contributed by atoms with Crippen LogP contribution in [0, 0.1) is 5.41 Å². The van der Waals surface area contributed by atoms with Crippen molar-refractivity contribution in [3.63, 3.8) is 0 Å². The van der Waals surface area contributed by atoms with Crippen molar-refractivity contribution in [1.29, 1.82) is 0 Å². The predicted octanol–water partition coefficient (Wildman–Crippen LogP) is 1.22. The average molecular weight is 180 g/mol. The van der Waals surface area contributed by atoms with Crippen LogP contribution in [0.2, 0.25) is 0 Å². The first-order valence-corrected chi connectivity index (χ1v) is 5.86. The van der Waals surface area contributed by atoms with Crippen LogP contribution < -0.4 is 5.32 Å². The standard InChI is InChI=1S/C11H20N2/c1-2-10(11(3-1)4-5-11)13-8-6-12-7-9-13/h10,12H,1-9H2. The van der Waals surface area contributed by atoms with Gasteiger partial charge in [0.1, 0.15) is 0 Å². The van der Waals surface area contributed by atoms with Gasteiger partial charge in [-0.05, 0) is 31.1 Å². The molecule has 0 amide bonds. The largest absolute Gasteiger partial charge is 0.314 e. The van der Waals surface area contributed by atoms with E-state index in [1.54, 1.807) is 0 Å². The summed E-state index contributed by atoms with van der Waals surface area (Å²) >= 11 is 0. The van der Waals surface area contributed by atoms with E-state index in [-0.39, 0.29) is 0 Å². The van der Waals surface area contributed by atoms with Gasteiger partial charge in [-0.1, -0.05) is 6.42 Å². The van der Waals surface area contributed by atoms with Crippen LogP contribution in [0.25, 0.3) is 0 Å². The quantitative estimate of drug-likeness (QED) is 0.653. The third-order valence-electron chi connectivity index (χ3n) is 4.34. The molecule has 1 aliphatic heterocycles. The van der Waals surface area contributed by atoms with Gasteiger partial charge in [-0.25, -0.2) is 0 Å². The normalized spacial score (nSPS) is 38.3. The zero-order chi connectivity index (χ0) is 8.73. The SMILES string of the molecule is C1CC(N2CCNCC2)C2(C1)CC2. The Labute approximate surface area is 80.7 Å². The monoisotopic (exact) mass is 180 g/mol. The van der Waals surface area contributed by atoms with E-state index in [0.29, 0.717) is 0 Å². The van der Waals surface area contributed by atoms with Gasteiger partial charge in [0.05, 0.1) is 0 Å². The fourth-order valence-corrected chi connectivity index (χ4v) is 3.43. The summed E-state index contributed by atoms with van der Waals surface area (Å²) in [5.74, 6) is 0. The first kappa shape index (κ1) is 8.25. The van der Waals surface area contributed by atoms with E-state index in [1.165, 1.54) is 58.3 Å². The van der Waals surface area contributed by atoms with Crippen molar-refractivity contribution in [2.24, 2.45) is 5.41 Å². The summed E-state index contributed by atoms with van der Waals surface area (Å²) < 4.78 is 0. The maximum Gasteiger partial charge on any atom is 0.0153 e. The number of hydrogen-bond acceptors (Lipinski definition) is 2. The summed E-state index contributed by atoms with van der Waals surface area (Å²) in [6, 6.07) is 0.967. The van der Waals surface area contributed by atoms with Gasteiger partial charge in [0.2, 0.25) is 0 Å². The molecule has 2 saturated carbocycles. The molecule has 1 spiro atoms. The van der Waals surface area contributed by atoms with Crippen LogP contribution in [-0.2, 0) is 0 Å². The summed E-state index contributed by atoms with van der Waals surface area (Å²) in [6.07, 6.45) is 7.57. The van der Waals surface area contributed by atoms with Crippen LogP contribution in [0.5, 0.6) is 0 Å². The van der Waals surface area contributed by atoms with Crippen molar-refractivity contribution in [1.82, 2.24) is 10.2 Å². The highest BCUT2D eigenvalue weighted by Gasteiger charge is 2.53.